The van der Waals surface area contributed by atoms with Gasteiger partial charge in [-0.2, -0.15) is 13.2 Å². The first-order valence-electron chi connectivity index (χ1n) is 9.74. The Kier molecular flexibility index (Phi) is 5.98. The summed E-state index contributed by atoms with van der Waals surface area (Å²) in [5.41, 5.74) is 0.879. The van der Waals surface area contributed by atoms with E-state index in [2.05, 4.69) is 25.6 Å². The standard InChI is InChI=1S/C23H18F3N5O/c24-23(25,26)17-5-3-4-15(12-17)13-28-21-18-6-1-2-7-19(18)30-20(31-21)14-29-22(32)16-8-10-27-11-9-16/h1-12H,13-14H2,(H,29,32)(H,28,30,31). The first-order valence-corrected chi connectivity index (χ1v) is 9.74. The Morgan fingerprint density at radius 2 is 1.69 bits per heavy atom. The highest BCUT2D eigenvalue weighted by molar-refractivity contribution is 5.94. The number of pyridine rings is 1. The van der Waals surface area contributed by atoms with Gasteiger partial charge >= 0.3 is 6.18 Å². The lowest BCUT2D eigenvalue weighted by Crippen LogP contribution is -2.24. The number of hydrogen-bond acceptors (Lipinski definition) is 5. The van der Waals surface area contributed by atoms with Gasteiger partial charge in [-0.3, -0.25) is 9.78 Å². The van der Waals surface area contributed by atoms with Gasteiger partial charge in [0.15, 0.2) is 5.82 Å². The van der Waals surface area contributed by atoms with Gasteiger partial charge in [-0.1, -0.05) is 24.3 Å². The minimum Gasteiger partial charge on any atom is -0.365 e. The molecule has 4 aromatic rings. The van der Waals surface area contributed by atoms with Crippen molar-refractivity contribution in [2.75, 3.05) is 5.32 Å². The van der Waals surface area contributed by atoms with Crippen molar-refractivity contribution in [3.63, 3.8) is 0 Å². The Labute approximate surface area is 181 Å². The first kappa shape index (κ1) is 21.2. The summed E-state index contributed by atoms with van der Waals surface area (Å²) < 4.78 is 39.0. The Morgan fingerprint density at radius 3 is 2.47 bits per heavy atom. The second-order valence-electron chi connectivity index (χ2n) is 6.98. The van der Waals surface area contributed by atoms with E-state index in [0.29, 0.717) is 28.3 Å². The zero-order valence-electron chi connectivity index (χ0n) is 16.7. The fourth-order valence-corrected chi connectivity index (χ4v) is 3.15. The molecule has 6 nitrogen and oxygen atoms in total. The molecule has 0 spiro atoms. The van der Waals surface area contributed by atoms with Crippen molar-refractivity contribution in [1.29, 1.82) is 0 Å². The van der Waals surface area contributed by atoms with Gasteiger partial charge in [0.1, 0.15) is 5.82 Å². The van der Waals surface area contributed by atoms with Crippen molar-refractivity contribution in [3.05, 3.63) is 95.6 Å². The number of hydrogen-bond donors (Lipinski definition) is 2. The van der Waals surface area contributed by atoms with Crippen molar-refractivity contribution >= 4 is 22.6 Å². The van der Waals surface area contributed by atoms with E-state index in [1.54, 1.807) is 24.3 Å². The van der Waals surface area contributed by atoms with Crippen LogP contribution in [0.4, 0.5) is 19.0 Å². The topological polar surface area (TPSA) is 79.8 Å². The molecule has 1 amide bonds. The highest BCUT2D eigenvalue weighted by Crippen LogP contribution is 2.30. The van der Waals surface area contributed by atoms with Crippen molar-refractivity contribution in [2.24, 2.45) is 0 Å². The van der Waals surface area contributed by atoms with Crippen LogP contribution < -0.4 is 10.6 Å². The molecule has 0 saturated carbocycles. The highest BCUT2D eigenvalue weighted by Gasteiger charge is 2.30. The SMILES string of the molecule is O=C(NCc1nc(NCc2cccc(C(F)(F)F)c2)c2ccccc2n1)c1ccncc1. The Bertz CT molecular complexity index is 1250. The Morgan fingerprint density at radius 1 is 0.906 bits per heavy atom. The van der Waals surface area contributed by atoms with Crippen molar-refractivity contribution in [2.45, 2.75) is 19.3 Å². The molecule has 2 aromatic carbocycles. The number of anilines is 1. The van der Waals surface area contributed by atoms with Gasteiger partial charge in [0.25, 0.3) is 5.91 Å². The number of amides is 1. The number of carbonyl (C=O) groups excluding carboxylic acids is 1. The maximum atomic E-state index is 13.0. The highest BCUT2D eigenvalue weighted by atomic mass is 19.4. The normalized spacial score (nSPS) is 11.3. The molecule has 4 rings (SSSR count). The van der Waals surface area contributed by atoms with Gasteiger partial charge in [-0.25, -0.2) is 9.97 Å². The van der Waals surface area contributed by atoms with Crippen molar-refractivity contribution < 1.29 is 18.0 Å². The number of nitrogens with zero attached hydrogens (tertiary/aromatic N) is 3. The lowest BCUT2D eigenvalue weighted by atomic mass is 10.1. The van der Waals surface area contributed by atoms with E-state index in [0.717, 1.165) is 17.5 Å². The van der Waals surface area contributed by atoms with Gasteiger partial charge in [0.2, 0.25) is 0 Å². The fourth-order valence-electron chi connectivity index (χ4n) is 3.15. The number of fused-ring (bicyclic) bond motifs is 1. The number of nitrogens with one attached hydrogen (secondary N) is 2. The van der Waals surface area contributed by atoms with E-state index < -0.39 is 11.7 Å². The van der Waals surface area contributed by atoms with Crippen LogP contribution in [0.3, 0.4) is 0 Å². The van der Waals surface area contributed by atoms with Crippen LogP contribution in [-0.4, -0.2) is 20.9 Å². The van der Waals surface area contributed by atoms with Crippen LogP contribution in [-0.2, 0) is 19.3 Å². The molecule has 0 unspecified atom stereocenters. The second-order valence-corrected chi connectivity index (χ2v) is 6.98. The van der Waals surface area contributed by atoms with Crippen LogP contribution in [0, 0.1) is 0 Å². The summed E-state index contributed by atoms with van der Waals surface area (Å²) in [6.45, 7) is 0.234. The number of benzene rings is 2. The number of aromatic nitrogens is 3. The smallest absolute Gasteiger partial charge is 0.365 e. The monoisotopic (exact) mass is 437 g/mol. The van der Waals surface area contributed by atoms with Gasteiger partial charge in [-0.05, 0) is 42.0 Å². The lowest BCUT2D eigenvalue weighted by Gasteiger charge is -2.13. The van der Waals surface area contributed by atoms with Crippen LogP contribution in [0.15, 0.2) is 73.1 Å². The van der Waals surface area contributed by atoms with E-state index in [1.165, 1.54) is 18.5 Å². The van der Waals surface area contributed by atoms with Crippen LogP contribution in [0.2, 0.25) is 0 Å². The molecular formula is C23H18F3N5O. The predicted octanol–water partition coefficient (Wildman–Crippen LogP) is 4.59. The molecule has 0 atom stereocenters. The third-order valence-electron chi connectivity index (χ3n) is 4.71. The zero-order chi connectivity index (χ0) is 22.6. The summed E-state index contributed by atoms with van der Waals surface area (Å²) in [7, 11) is 0. The molecule has 0 saturated heterocycles. The summed E-state index contributed by atoms with van der Waals surface area (Å²) in [4.78, 5) is 25.1. The largest absolute Gasteiger partial charge is 0.416 e. The third kappa shape index (κ3) is 5.00. The van der Waals surface area contributed by atoms with E-state index in [9.17, 15) is 18.0 Å². The molecule has 2 aromatic heterocycles. The predicted molar refractivity (Wildman–Crippen MR) is 114 cm³/mol. The maximum absolute atomic E-state index is 13.0. The second kappa shape index (κ2) is 9.01. The summed E-state index contributed by atoms with van der Waals surface area (Å²) >= 11 is 0. The molecular weight excluding hydrogens is 419 g/mol. The molecule has 2 N–H and O–H groups in total. The number of para-hydroxylation sites is 1. The number of halogens is 3. The Hall–Kier alpha value is -4.01. The summed E-state index contributed by atoms with van der Waals surface area (Å²) in [6.07, 6.45) is -1.35. The van der Waals surface area contributed by atoms with Crippen LogP contribution in [0.25, 0.3) is 10.9 Å². The summed E-state index contributed by atoms with van der Waals surface area (Å²) in [5.74, 6) is 0.557. The average molecular weight is 437 g/mol. The molecule has 0 aliphatic heterocycles. The molecule has 0 aliphatic carbocycles. The zero-order valence-corrected chi connectivity index (χ0v) is 16.7. The van der Waals surface area contributed by atoms with Crippen molar-refractivity contribution in [1.82, 2.24) is 20.3 Å². The van der Waals surface area contributed by atoms with Crippen LogP contribution in [0.1, 0.15) is 27.3 Å². The van der Waals surface area contributed by atoms with Gasteiger partial charge in [0.05, 0.1) is 17.6 Å². The van der Waals surface area contributed by atoms with Crippen molar-refractivity contribution in [3.8, 4) is 0 Å². The minimum atomic E-state index is -4.40. The van der Waals surface area contributed by atoms with Crippen LogP contribution >= 0.6 is 0 Å². The quantitative estimate of drug-likeness (QED) is 0.461. The van der Waals surface area contributed by atoms with Gasteiger partial charge in [-0.15, -0.1) is 0 Å². The third-order valence-corrected chi connectivity index (χ3v) is 4.71. The Balaban J connectivity index is 1.54. The maximum Gasteiger partial charge on any atom is 0.416 e. The summed E-state index contributed by atoms with van der Waals surface area (Å²) in [6, 6.07) is 15.6. The number of carbonyl (C=O) groups is 1. The molecule has 162 valence electrons. The van der Waals surface area contributed by atoms with E-state index in [-0.39, 0.29) is 19.0 Å². The van der Waals surface area contributed by atoms with Gasteiger partial charge in [0, 0.05) is 29.9 Å². The average Bonchev–Trinajstić information content (AvgIpc) is 2.81. The van der Waals surface area contributed by atoms with E-state index in [4.69, 9.17) is 0 Å². The molecule has 2 heterocycles. The van der Waals surface area contributed by atoms with E-state index in [1.807, 2.05) is 18.2 Å². The molecule has 0 aliphatic rings. The minimum absolute atomic E-state index is 0.0875. The first-order chi connectivity index (χ1) is 15.4. The molecule has 9 heteroatoms. The number of rotatable bonds is 6. The molecule has 0 fully saturated rings. The molecule has 0 radical (unpaired) electrons. The van der Waals surface area contributed by atoms with E-state index >= 15 is 0 Å². The summed E-state index contributed by atoms with van der Waals surface area (Å²) in [5, 5.41) is 6.59. The fraction of sp³-hybridized carbons (Fsp3) is 0.130. The lowest BCUT2D eigenvalue weighted by molar-refractivity contribution is -0.137. The van der Waals surface area contributed by atoms with Gasteiger partial charge < -0.3 is 10.6 Å². The number of alkyl halides is 3. The van der Waals surface area contributed by atoms with Crippen LogP contribution in [0.5, 0.6) is 0 Å². The molecule has 32 heavy (non-hydrogen) atoms. The molecule has 0 bridgehead atoms.